The van der Waals surface area contributed by atoms with E-state index < -0.39 is 41.1 Å². The summed E-state index contributed by atoms with van der Waals surface area (Å²) in [6.07, 6.45) is 0. The molecule has 0 aliphatic rings. The second-order valence-electron chi connectivity index (χ2n) is 18.6. The Kier molecular flexibility index (Phi) is 19.1. The second kappa shape index (κ2) is 24.4. The molecule has 0 amide bonds. The van der Waals surface area contributed by atoms with Crippen LogP contribution >= 0.6 is 0 Å². The minimum absolute atomic E-state index is 0. The quantitative estimate of drug-likeness (QED) is 0.0555. The number of rotatable bonds is 12. The molecule has 0 spiro atoms. The molecule has 0 aliphatic carbocycles. The summed E-state index contributed by atoms with van der Waals surface area (Å²) in [5, 5.41) is 2.30. The molecule has 18 heteroatoms. The summed E-state index contributed by atoms with van der Waals surface area (Å²) in [4.78, 5) is 30.5. The fourth-order valence-corrected chi connectivity index (χ4v) is 11.0. The molecule has 0 unspecified atom stereocenters. The zero-order valence-corrected chi connectivity index (χ0v) is 53.7. The van der Waals surface area contributed by atoms with Crippen molar-refractivity contribution in [2.45, 2.75) is 49.3 Å². The molecule has 2 aromatic heterocycles. The van der Waals surface area contributed by atoms with Crippen LogP contribution in [0.1, 0.15) is 50.7 Å². The van der Waals surface area contributed by atoms with Crippen molar-refractivity contribution in [3.05, 3.63) is 214 Å². The Morgan fingerprint density at radius 3 is 1.63 bits per heavy atom. The summed E-state index contributed by atoms with van der Waals surface area (Å²) < 4.78 is 91.3. The normalized spacial score (nSPS) is 11.6. The average Bonchev–Trinajstić information content (AvgIpc) is 3.39. The Morgan fingerprint density at radius 2 is 1.01 bits per heavy atom. The van der Waals surface area contributed by atoms with Crippen LogP contribution in [0, 0.1) is 12.1 Å². The number of benzene rings is 9. The van der Waals surface area contributed by atoms with Crippen molar-refractivity contribution in [1.29, 1.82) is 0 Å². The first kappa shape index (κ1) is 61.2. The average molecular weight is 1110 g/mol. The van der Waals surface area contributed by atoms with Crippen LogP contribution in [0.25, 0.3) is 77.0 Å². The van der Waals surface area contributed by atoms with E-state index in [-0.39, 0.29) is 169 Å². The summed E-state index contributed by atoms with van der Waals surface area (Å²) in [6.45, 7) is 8.01. The van der Waals surface area contributed by atoms with E-state index in [9.17, 15) is 25.9 Å². The topological polar surface area (TPSA) is 177 Å². The number of para-hydroxylation sites is 3. The molecule has 9 aromatic carbocycles. The number of fused-ring (bicyclic) bond motifs is 2. The number of hydrogen-bond donors (Lipinski definition) is 0. The van der Waals surface area contributed by atoms with Gasteiger partial charge in [0.25, 0.3) is 11.1 Å². The minimum atomic E-state index is -5.05. The maximum atomic E-state index is 15.9. The Balaban J connectivity index is 0.00000220. The van der Waals surface area contributed by atoms with Crippen molar-refractivity contribution < 1.29 is 154 Å². The van der Waals surface area contributed by atoms with Crippen molar-refractivity contribution in [3.63, 3.8) is 0 Å². The SMILES string of the molecule is CC(C)c1cccc(C(C)C)c1-n1c(=O)c2cc(Oc3cc[c-]cc3-c3cc[c-]cc3)c3c4ccccc4n(-c4ccccc4)c4c(Oc5ccc(S(=O)(=O)[O-])cc5-c5ccc(S(=O)(=O)[O-])cc5)cc(c1=O)c2c34.[Na+].[Na+].[Na+].[Na+]. The van der Waals surface area contributed by atoms with Crippen molar-refractivity contribution in [2.24, 2.45) is 0 Å². The predicted octanol–water partition coefficient (Wildman–Crippen LogP) is 0.629. The van der Waals surface area contributed by atoms with Gasteiger partial charge in [0, 0.05) is 38.5 Å². The Labute approximate surface area is 539 Å². The van der Waals surface area contributed by atoms with Gasteiger partial charge in [0.15, 0.2) is 5.75 Å². The standard InChI is InChI=1S/C60H44N2O10S2.4Na/c1-35(2)42-22-15-23-43(36(3)4)57(42)62-59(63)47-33-52(71-50-25-14-12-20-44(50)37-16-7-5-8-17-37)55-45-21-11-13-24-49(45)61(39-18-9-6-10-19-39)58-53(34-48(60(62)64)54(47)56(55)58)72-51-31-30-41(74(68,69)70)32-46(51)38-26-28-40(29-27-38)73(65,66)67;;;;/h6-11,13-36H,1-4H3,(H,65,66,67)(H,68,69,70);;;;/q-2;4*+1/p-2. The van der Waals surface area contributed by atoms with E-state index in [1.165, 1.54) is 22.8 Å². The number of hydrogen-bond acceptors (Lipinski definition) is 10. The molecule has 0 radical (unpaired) electrons. The summed E-state index contributed by atoms with van der Waals surface area (Å²) >= 11 is 0. The maximum Gasteiger partial charge on any atom is 1.00 e. The maximum absolute atomic E-state index is 15.9. The Bertz CT molecular complexity index is 4400. The van der Waals surface area contributed by atoms with Crippen molar-refractivity contribution in [2.75, 3.05) is 0 Å². The molecule has 0 fully saturated rings. The molecule has 2 heterocycles. The number of ether oxygens (including phenoxy) is 2. The molecule has 0 N–H and O–H groups in total. The molecule has 78 heavy (non-hydrogen) atoms. The van der Waals surface area contributed by atoms with E-state index >= 15 is 9.59 Å². The summed E-state index contributed by atoms with van der Waals surface area (Å²) in [6, 6.07) is 53.4. The van der Waals surface area contributed by atoms with E-state index in [4.69, 9.17) is 9.47 Å². The molecule has 12 nitrogen and oxygen atoms in total. The van der Waals surface area contributed by atoms with Crippen LogP contribution in [0.5, 0.6) is 23.0 Å². The zero-order chi connectivity index (χ0) is 51.8. The van der Waals surface area contributed by atoms with Gasteiger partial charge in [0.1, 0.15) is 31.7 Å². The third-order valence-electron chi connectivity index (χ3n) is 13.4. The minimum Gasteiger partial charge on any atom is -0.744 e. The second-order valence-corrected chi connectivity index (χ2v) is 21.3. The van der Waals surface area contributed by atoms with Crippen LogP contribution in [0.3, 0.4) is 0 Å². The summed E-state index contributed by atoms with van der Waals surface area (Å²) in [5.41, 5.74) is 4.35. The molecule has 11 rings (SSSR count). The molecule has 368 valence electrons. The molecule has 0 aliphatic heterocycles. The van der Waals surface area contributed by atoms with Gasteiger partial charge in [-0.3, -0.25) is 9.59 Å². The third-order valence-corrected chi connectivity index (χ3v) is 15.1. The van der Waals surface area contributed by atoms with Gasteiger partial charge in [-0.2, -0.15) is 54.1 Å². The van der Waals surface area contributed by atoms with Crippen LogP contribution in [0.4, 0.5) is 0 Å². The number of aromatic nitrogens is 2. The van der Waals surface area contributed by atoms with E-state index in [1.807, 2.05) is 123 Å². The van der Waals surface area contributed by atoms with Crippen molar-refractivity contribution >= 4 is 63.6 Å². The third kappa shape index (κ3) is 11.2. The van der Waals surface area contributed by atoms with E-state index in [0.717, 1.165) is 41.0 Å². The first-order valence-electron chi connectivity index (χ1n) is 23.6. The molecular formula is C60H42N2Na4O10S2. The summed E-state index contributed by atoms with van der Waals surface area (Å²) in [7, 11) is -9.93. The van der Waals surface area contributed by atoms with Crippen LogP contribution < -0.4 is 139 Å². The fraction of sp³-hybridized carbons (Fsp3) is 0.100. The van der Waals surface area contributed by atoms with Gasteiger partial charge in [-0.15, -0.1) is 11.6 Å². The molecule has 0 saturated carbocycles. The van der Waals surface area contributed by atoms with Crippen molar-refractivity contribution in [1.82, 2.24) is 9.13 Å². The zero-order valence-electron chi connectivity index (χ0n) is 44.1. The van der Waals surface area contributed by atoms with Crippen LogP contribution in [-0.4, -0.2) is 35.1 Å². The van der Waals surface area contributed by atoms with Gasteiger partial charge in [-0.05, 0) is 89.2 Å². The van der Waals surface area contributed by atoms with Gasteiger partial charge in [0.2, 0.25) is 0 Å². The Hall–Kier alpha value is -4.40. The largest absolute Gasteiger partial charge is 1.00 e. The smallest absolute Gasteiger partial charge is 0.744 e. The fourth-order valence-electron chi connectivity index (χ4n) is 10.0. The van der Waals surface area contributed by atoms with Gasteiger partial charge in [-0.25, -0.2) is 21.4 Å². The van der Waals surface area contributed by atoms with Gasteiger partial charge in [0.05, 0.1) is 37.3 Å². The first-order chi connectivity index (χ1) is 35.5. The number of pyridine rings is 2. The van der Waals surface area contributed by atoms with Crippen LogP contribution in [0.15, 0.2) is 189 Å². The monoisotopic (exact) mass is 1110 g/mol. The Morgan fingerprint density at radius 1 is 0.474 bits per heavy atom. The van der Waals surface area contributed by atoms with Gasteiger partial charge < -0.3 is 23.1 Å². The molecular weight excluding hydrogens is 1060 g/mol. The predicted molar refractivity (Wildman–Crippen MR) is 285 cm³/mol. The summed E-state index contributed by atoms with van der Waals surface area (Å²) in [5.74, 6) is 0.587. The van der Waals surface area contributed by atoms with Gasteiger partial charge in [-0.1, -0.05) is 94.4 Å². The van der Waals surface area contributed by atoms with E-state index in [2.05, 4.69) is 12.1 Å². The van der Waals surface area contributed by atoms with E-state index in [1.54, 1.807) is 36.4 Å². The molecule has 0 bridgehead atoms. The molecule has 11 aromatic rings. The van der Waals surface area contributed by atoms with Crippen LogP contribution in [0.2, 0.25) is 0 Å². The molecule has 0 atom stereocenters. The van der Waals surface area contributed by atoms with Crippen LogP contribution in [-0.2, 0) is 20.2 Å². The van der Waals surface area contributed by atoms with Crippen molar-refractivity contribution in [3.8, 4) is 56.6 Å². The number of nitrogens with zero attached hydrogens (tertiary/aromatic N) is 2. The van der Waals surface area contributed by atoms with Gasteiger partial charge >= 0.3 is 118 Å². The molecule has 0 saturated heterocycles. The van der Waals surface area contributed by atoms with E-state index in [0.29, 0.717) is 55.3 Å². The first-order valence-corrected chi connectivity index (χ1v) is 26.4.